The number of fused-ring (bicyclic) bond motifs is 1. The number of hydrogen-bond donors (Lipinski definition) is 1. The van der Waals surface area contributed by atoms with E-state index in [1.54, 1.807) is 24.3 Å². The molecule has 1 aliphatic rings. The number of nitrogens with zero attached hydrogens (tertiary/aromatic N) is 2. The standard InChI is InChI=1S/C22H25N3O3S2/c1-14-4-8-18(9-5-14)30(27,28)25-12-10-17(11-13-25)21(26)24-22-23-19-15(2)6-7-16(3)20(19)29-22/h4-9,17H,10-13H2,1-3H3,(H,23,24,26). The van der Waals surface area contributed by atoms with Crippen LogP contribution >= 0.6 is 11.3 Å². The van der Waals surface area contributed by atoms with Crippen molar-refractivity contribution in [3.63, 3.8) is 0 Å². The maximum atomic E-state index is 12.8. The van der Waals surface area contributed by atoms with Crippen molar-refractivity contribution in [2.45, 2.75) is 38.5 Å². The summed E-state index contributed by atoms with van der Waals surface area (Å²) in [4.78, 5) is 17.7. The van der Waals surface area contributed by atoms with E-state index in [-0.39, 0.29) is 11.8 Å². The Kier molecular flexibility index (Phi) is 5.65. The quantitative estimate of drug-likeness (QED) is 0.653. The van der Waals surface area contributed by atoms with Gasteiger partial charge in [-0.05, 0) is 56.9 Å². The summed E-state index contributed by atoms with van der Waals surface area (Å²) in [6, 6.07) is 11.0. The maximum absolute atomic E-state index is 12.8. The minimum absolute atomic E-state index is 0.0863. The van der Waals surface area contributed by atoms with Crippen LogP contribution in [0.3, 0.4) is 0 Å². The Morgan fingerprint density at radius 1 is 1.03 bits per heavy atom. The third-order valence-electron chi connectivity index (χ3n) is 5.66. The van der Waals surface area contributed by atoms with E-state index in [4.69, 9.17) is 0 Å². The van der Waals surface area contributed by atoms with Crippen LogP contribution in [0.2, 0.25) is 0 Å². The number of aryl methyl sites for hydroxylation is 3. The van der Waals surface area contributed by atoms with Gasteiger partial charge in [-0.25, -0.2) is 13.4 Å². The van der Waals surface area contributed by atoms with Crippen LogP contribution in [-0.2, 0) is 14.8 Å². The molecule has 158 valence electrons. The van der Waals surface area contributed by atoms with Crippen LogP contribution in [0.4, 0.5) is 5.13 Å². The lowest BCUT2D eigenvalue weighted by Crippen LogP contribution is -2.41. The second-order valence-corrected chi connectivity index (χ2v) is 10.8. The van der Waals surface area contributed by atoms with Gasteiger partial charge in [-0.1, -0.05) is 41.2 Å². The Labute approximate surface area is 181 Å². The van der Waals surface area contributed by atoms with Gasteiger partial charge in [0.15, 0.2) is 5.13 Å². The van der Waals surface area contributed by atoms with Gasteiger partial charge in [0.05, 0.1) is 15.1 Å². The van der Waals surface area contributed by atoms with Crippen molar-refractivity contribution in [1.82, 2.24) is 9.29 Å². The van der Waals surface area contributed by atoms with Crippen LogP contribution in [-0.4, -0.2) is 36.7 Å². The van der Waals surface area contributed by atoms with E-state index in [1.165, 1.54) is 15.6 Å². The number of aromatic nitrogens is 1. The molecule has 2 heterocycles. The summed E-state index contributed by atoms with van der Waals surface area (Å²) >= 11 is 1.48. The Bertz CT molecular complexity index is 1150. The van der Waals surface area contributed by atoms with E-state index in [9.17, 15) is 13.2 Å². The zero-order chi connectivity index (χ0) is 21.5. The summed E-state index contributed by atoms with van der Waals surface area (Å²) in [5.74, 6) is -0.305. The molecule has 0 saturated carbocycles. The molecule has 1 amide bonds. The molecule has 1 N–H and O–H groups in total. The number of rotatable bonds is 4. The van der Waals surface area contributed by atoms with Crippen LogP contribution in [0.5, 0.6) is 0 Å². The van der Waals surface area contributed by atoms with Crippen LogP contribution in [0, 0.1) is 26.7 Å². The maximum Gasteiger partial charge on any atom is 0.243 e. The molecule has 0 unspecified atom stereocenters. The third-order valence-corrected chi connectivity index (χ3v) is 8.67. The SMILES string of the molecule is Cc1ccc(S(=O)(=O)N2CCC(C(=O)Nc3nc4c(C)ccc(C)c4s3)CC2)cc1. The minimum Gasteiger partial charge on any atom is -0.302 e. The highest BCUT2D eigenvalue weighted by molar-refractivity contribution is 7.89. The molecule has 6 nitrogen and oxygen atoms in total. The largest absolute Gasteiger partial charge is 0.302 e. The first kappa shape index (κ1) is 21.0. The molecule has 1 fully saturated rings. The molecular formula is C22H25N3O3S2. The van der Waals surface area contributed by atoms with Crippen LogP contribution < -0.4 is 5.32 Å². The Morgan fingerprint density at radius 3 is 2.30 bits per heavy atom. The predicted molar refractivity (Wildman–Crippen MR) is 120 cm³/mol. The molecule has 0 spiro atoms. The predicted octanol–water partition coefficient (Wildman–Crippen LogP) is 4.26. The number of nitrogens with one attached hydrogen (secondary N) is 1. The second kappa shape index (κ2) is 8.09. The summed E-state index contributed by atoms with van der Waals surface area (Å²) in [6.07, 6.45) is 1.000. The van der Waals surface area contributed by atoms with Gasteiger partial charge in [-0.15, -0.1) is 0 Å². The highest BCUT2D eigenvalue weighted by atomic mass is 32.2. The second-order valence-electron chi connectivity index (χ2n) is 7.88. The summed E-state index contributed by atoms with van der Waals surface area (Å²) in [5.41, 5.74) is 4.17. The zero-order valence-electron chi connectivity index (χ0n) is 17.3. The molecule has 2 aromatic carbocycles. The third kappa shape index (κ3) is 3.99. The minimum atomic E-state index is -3.52. The average Bonchev–Trinajstić information content (AvgIpc) is 3.16. The van der Waals surface area contributed by atoms with Gasteiger partial charge < -0.3 is 5.32 Å². The zero-order valence-corrected chi connectivity index (χ0v) is 18.9. The fourth-order valence-corrected chi connectivity index (χ4v) is 6.22. The van der Waals surface area contributed by atoms with Gasteiger partial charge in [-0.3, -0.25) is 4.79 Å². The number of hydrogen-bond acceptors (Lipinski definition) is 5. The number of thiazole rings is 1. The highest BCUT2D eigenvalue weighted by Gasteiger charge is 2.32. The summed E-state index contributed by atoms with van der Waals surface area (Å²) in [6.45, 7) is 6.65. The van der Waals surface area contributed by atoms with E-state index in [0.717, 1.165) is 26.9 Å². The van der Waals surface area contributed by atoms with Crippen molar-refractivity contribution in [2.75, 3.05) is 18.4 Å². The van der Waals surface area contributed by atoms with Gasteiger partial charge in [0.2, 0.25) is 15.9 Å². The molecule has 1 saturated heterocycles. The first-order chi connectivity index (χ1) is 14.3. The fourth-order valence-electron chi connectivity index (χ4n) is 3.74. The molecule has 1 aromatic heterocycles. The number of benzene rings is 2. The Balaban J connectivity index is 1.42. The smallest absolute Gasteiger partial charge is 0.243 e. The summed E-state index contributed by atoms with van der Waals surface area (Å²) < 4.78 is 28.3. The number of anilines is 1. The Hall–Kier alpha value is -2.29. The number of carbonyl (C=O) groups is 1. The lowest BCUT2D eigenvalue weighted by molar-refractivity contribution is -0.120. The number of sulfonamides is 1. The average molecular weight is 444 g/mol. The number of carbonyl (C=O) groups excluding carboxylic acids is 1. The summed E-state index contributed by atoms with van der Waals surface area (Å²) in [7, 11) is -3.52. The summed E-state index contributed by atoms with van der Waals surface area (Å²) in [5, 5.41) is 3.55. The lowest BCUT2D eigenvalue weighted by Gasteiger charge is -2.30. The molecule has 0 atom stereocenters. The van der Waals surface area contributed by atoms with Gasteiger partial charge in [0.25, 0.3) is 0 Å². The molecule has 4 rings (SSSR count). The molecule has 0 aliphatic carbocycles. The first-order valence-electron chi connectivity index (χ1n) is 10.00. The van der Waals surface area contributed by atoms with Crippen molar-refractivity contribution >= 4 is 42.6 Å². The van der Waals surface area contributed by atoms with E-state index in [1.807, 2.05) is 26.8 Å². The van der Waals surface area contributed by atoms with E-state index >= 15 is 0 Å². The van der Waals surface area contributed by atoms with Crippen LogP contribution in [0.25, 0.3) is 10.2 Å². The van der Waals surface area contributed by atoms with Crippen molar-refractivity contribution in [2.24, 2.45) is 5.92 Å². The fraction of sp³-hybridized carbons (Fsp3) is 0.364. The molecule has 8 heteroatoms. The van der Waals surface area contributed by atoms with Crippen molar-refractivity contribution in [3.05, 3.63) is 53.1 Å². The molecule has 1 aliphatic heterocycles. The van der Waals surface area contributed by atoms with Crippen LogP contribution in [0.1, 0.15) is 29.5 Å². The lowest BCUT2D eigenvalue weighted by atomic mass is 9.97. The monoisotopic (exact) mass is 443 g/mol. The molecule has 0 bridgehead atoms. The Morgan fingerprint density at radius 2 is 1.67 bits per heavy atom. The number of piperidine rings is 1. The topological polar surface area (TPSA) is 79.4 Å². The molecule has 0 radical (unpaired) electrons. The van der Waals surface area contributed by atoms with E-state index < -0.39 is 10.0 Å². The van der Waals surface area contributed by atoms with E-state index in [0.29, 0.717) is 36.0 Å². The van der Waals surface area contributed by atoms with Crippen LogP contribution in [0.15, 0.2) is 41.3 Å². The molecule has 3 aromatic rings. The normalized spacial score (nSPS) is 16.1. The molecule has 30 heavy (non-hydrogen) atoms. The van der Waals surface area contributed by atoms with Gasteiger partial charge in [0, 0.05) is 19.0 Å². The van der Waals surface area contributed by atoms with Crippen molar-refractivity contribution < 1.29 is 13.2 Å². The van der Waals surface area contributed by atoms with Crippen molar-refractivity contribution in [3.8, 4) is 0 Å². The first-order valence-corrected chi connectivity index (χ1v) is 12.3. The highest BCUT2D eigenvalue weighted by Crippen LogP contribution is 2.32. The van der Waals surface area contributed by atoms with Gasteiger partial charge in [0.1, 0.15) is 0 Å². The number of amides is 1. The van der Waals surface area contributed by atoms with Gasteiger partial charge >= 0.3 is 0 Å². The van der Waals surface area contributed by atoms with E-state index in [2.05, 4.69) is 16.4 Å². The van der Waals surface area contributed by atoms with Gasteiger partial charge in [-0.2, -0.15) is 4.31 Å². The van der Waals surface area contributed by atoms with Crippen molar-refractivity contribution in [1.29, 1.82) is 0 Å². The molecular weight excluding hydrogens is 418 g/mol.